The van der Waals surface area contributed by atoms with Gasteiger partial charge in [-0.05, 0) is 113 Å². The number of carbonyl (C=O) groups excluding carboxylic acids is 2. The molecule has 0 radical (unpaired) electrons. The number of benzene rings is 7. The van der Waals surface area contributed by atoms with E-state index in [1.165, 1.54) is 12.1 Å². The molecule has 56 heavy (non-hydrogen) atoms. The summed E-state index contributed by atoms with van der Waals surface area (Å²) in [4.78, 5) is 53.8. The Bertz CT molecular complexity index is 2750. The van der Waals surface area contributed by atoms with Gasteiger partial charge in [0, 0.05) is 21.9 Å². The van der Waals surface area contributed by atoms with Gasteiger partial charge in [-0.15, -0.1) is 0 Å². The Morgan fingerprint density at radius 1 is 0.411 bits per heavy atom. The maximum Gasteiger partial charge on any atom is 0.336 e. The summed E-state index contributed by atoms with van der Waals surface area (Å²) in [5, 5.41) is 24.8. The van der Waals surface area contributed by atoms with Crippen LogP contribution >= 0.6 is 0 Å². The largest absolute Gasteiger partial charge is 0.478 e. The molecular formula is C48H46N2O6. The third-order valence-electron chi connectivity index (χ3n) is 11.4. The zero-order valence-corrected chi connectivity index (χ0v) is 32.9. The van der Waals surface area contributed by atoms with Gasteiger partial charge >= 0.3 is 11.9 Å². The van der Waals surface area contributed by atoms with Crippen LogP contribution in [0.4, 0.5) is 0 Å². The molecule has 0 heterocycles. The van der Waals surface area contributed by atoms with E-state index in [-0.39, 0.29) is 51.3 Å². The summed E-state index contributed by atoms with van der Waals surface area (Å²) in [5.74, 6) is -3.97. The molecule has 7 aromatic carbocycles. The van der Waals surface area contributed by atoms with Crippen LogP contribution in [0.3, 0.4) is 0 Å². The molecule has 2 amide bonds. The molecule has 7 aromatic rings. The second kappa shape index (κ2) is 13.8. The maximum atomic E-state index is 14.5. The molecule has 8 heteroatoms. The highest BCUT2D eigenvalue weighted by Gasteiger charge is 2.34. The highest BCUT2D eigenvalue weighted by molar-refractivity contribution is 6.42. The van der Waals surface area contributed by atoms with Crippen molar-refractivity contribution in [1.29, 1.82) is 0 Å². The first-order valence-electron chi connectivity index (χ1n) is 19.1. The van der Waals surface area contributed by atoms with Gasteiger partial charge in [0.05, 0.1) is 16.7 Å². The predicted octanol–water partition coefficient (Wildman–Crippen LogP) is 11.2. The molecule has 6 N–H and O–H groups in total. The minimum atomic E-state index is -1.26. The smallest absolute Gasteiger partial charge is 0.336 e. The van der Waals surface area contributed by atoms with Crippen LogP contribution in [0.25, 0.3) is 65.3 Å². The molecule has 0 bridgehead atoms. The minimum absolute atomic E-state index is 0.00315. The zero-order valence-electron chi connectivity index (χ0n) is 32.9. The Balaban J connectivity index is 2.02. The molecule has 0 fully saturated rings. The Kier molecular flexibility index (Phi) is 9.36. The number of hydrogen-bond donors (Lipinski definition) is 4. The van der Waals surface area contributed by atoms with Crippen molar-refractivity contribution in [1.82, 2.24) is 0 Å². The number of carbonyl (C=O) groups is 4. The second-order valence-corrected chi connectivity index (χ2v) is 16.1. The summed E-state index contributed by atoms with van der Waals surface area (Å²) in [7, 11) is 0. The number of carboxylic acids is 2. The molecule has 284 valence electrons. The molecule has 7 rings (SSSR count). The Morgan fingerprint density at radius 3 is 1.20 bits per heavy atom. The van der Waals surface area contributed by atoms with E-state index in [2.05, 4.69) is 79.7 Å². The standard InChI is InChI=1S/C48H46N2O6/c1-21(2)25-11-9-12-26(22(3)4)35(25)42-40-31-17-20-34(48(55)56)38-33(47(53)54)19-16-29(37(31)38)30-15-18-32(45(49)51)41(39(30)40)44(46(50)52)43(42)36-27(23(5)6)13-10-14-28(36)24(7)8/h9-24H,1-8H3,(H2,49,51)(H2,50,52)(H,53,54)(H,55,56). The van der Waals surface area contributed by atoms with E-state index in [0.717, 1.165) is 33.4 Å². The van der Waals surface area contributed by atoms with Crippen LogP contribution in [0.15, 0.2) is 72.8 Å². The molecule has 0 saturated heterocycles. The first kappa shape index (κ1) is 38.0. The number of nitrogens with two attached hydrogens (primary N) is 2. The SMILES string of the molecule is CC(C)c1cccc(C(C)C)c1-c1c(C(N)=O)c2c(C(N)=O)ccc3c4ccc(C(=O)O)c5c(C(=O)O)ccc(c(c1-c1c(C(C)C)cccc1C(C)C)c23)c54. The second-order valence-electron chi connectivity index (χ2n) is 16.1. The van der Waals surface area contributed by atoms with E-state index in [9.17, 15) is 29.4 Å². The topological polar surface area (TPSA) is 161 Å². The van der Waals surface area contributed by atoms with Crippen LogP contribution in [0.1, 0.15) is 143 Å². The number of fused-ring (bicyclic) bond motifs is 2. The van der Waals surface area contributed by atoms with Crippen molar-refractivity contribution >= 4 is 66.8 Å². The first-order chi connectivity index (χ1) is 26.5. The third kappa shape index (κ3) is 5.57. The highest BCUT2D eigenvalue weighted by atomic mass is 16.4. The average molecular weight is 747 g/mol. The normalized spacial score (nSPS) is 12.1. The third-order valence-corrected chi connectivity index (χ3v) is 11.4. The van der Waals surface area contributed by atoms with Crippen LogP contribution in [-0.4, -0.2) is 34.0 Å². The lowest BCUT2D eigenvalue weighted by molar-refractivity contribution is 0.0695. The maximum absolute atomic E-state index is 14.5. The Labute approximate surface area is 325 Å². The van der Waals surface area contributed by atoms with Crippen molar-refractivity contribution in [3.05, 3.63) is 117 Å². The van der Waals surface area contributed by atoms with Crippen molar-refractivity contribution in [2.75, 3.05) is 0 Å². The van der Waals surface area contributed by atoms with Gasteiger partial charge in [-0.2, -0.15) is 0 Å². The fraction of sp³-hybridized carbons (Fsp3) is 0.250. The number of aromatic carboxylic acids is 2. The highest BCUT2D eigenvalue weighted by Crippen LogP contribution is 2.55. The first-order valence-corrected chi connectivity index (χ1v) is 19.1. The summed E-state index contributed by atoms with van der Waals surface area (Å²) in [6.07, 6.45) is 0. The van der Waals surface area contributed by atoms with Crippen molar-refractivity contribution in [2.45, 2.75) is 79.1 Å². The fourth-order valence-corrected chi connectivity index (χ4v) is 9.03. The molecule has 0 spiro atoms. The molecule has 8 nitrogen and oxygen atoms in total. The Morgan fingerprint density at radius 2 is 0.804 bits per heavy atom. The summed E-state index contributed by atoms with van der Waals surface area (Å²) in [6.45, 7) is 16.9. The number of hydrogen-bond acceptors (Lipinski definition) is 4. The number of rotatable bonds is 10. The van der Waals surface area contributed by atoms with Crippen molar-refractivity contribution in [3.63, 3.8) is 0 Å². The summed E-state index contributed by atoms with van der Waals surface area (Å²) < 4.78 is 0. The molecule has 0 aliphatic carbocycles. The number of amides is 2. The van der Waals surface area contributed by atoms with Crippen molar-refractivity contribution in [3.8, 4) is 22.3 Å². The van der Waals surface area contributed by atoms with E-state index >= 15 is 0 Å². The average Bonchev–Trinajstić information content (AvgIpc) is 3.14. The number of primary amides is 2. The van der Waals surface area contributed by atoms with E-state index in [0.29, 0.717) is 48.8 Å². The van der Waals surface area contributed by atoms with Gasteiger partial charge in [0.2, 0.25) is 11.8 Å². The van der Waals surface area contributed by atoms with E-state index in [1.54, 1.807) is 24.3 Å². The van der Waals surface area contributed by atoms with E-state index in [4.69, 9.17) is 11.5 Å². The Hall–Kier alpha value is -6.28. The monoisotopic (exact) mass is 746 g/mol. The van der Waals surface area contributed by atoms with Gasteiger partial charge in [0.15, 0.2) is 0 Å². The van der Waals surface area contributed by atoms with Crippen LogP contribution in [0.2, 0.25) is 0 Å². The molecule has 0 unspecified atom stereocenters. The summed E-state index contributed by atoms with van der Waals surface area (Å²) >= 11 is 0. The van der Waals surface area contributed by atoms with Crippen LogP contribution in [0, 0.1) is 0 Å². The van der Waals surface area contributed by atoms with Crippen LogP contribution in [0.5, 0.6) is 0 Å². The minimum Gasteiger partial charge on any atom is -0.478 e. The lowest BCUT2D eigenvalue weighted by Crippen LogP contribution is -2.19. The lowest BCUT2D eigenvalue weighted by Gasteiger charge is -2.30. The zero-order chi connectivity index (χ0) is 40.7. The summed E-state index contributed by atoms with van der Waals surface area (Å²) in [6, 6.07) is 22.0. The summed E-state index contributed by atoms with van der Waals surface area (Å²) in [5.41, 5.74) is 19.8. The van der Waals surface area contributed by atoms with Crippen molar-refractivity contribution < 1.29 is 29.4 Å². The molecule has 0 atom stereocenters. The van der Waals surface area contributed by atoms with Gasteiger partial charge < -0.3 is 21.7 Å². The predicted molar refractivity (Wildman–Crippen MR) is 226 cm³/mol. The molecular weight excluding hydrogens is 701 g/mol. The molecule has 0 aliphatic heterocycles. The molecule has 0 aliphatic rings. The van der Waals surface area contributed by atoms with Gasteiger partial charge in [0.1, 0.15) is 0 Å². The van der Waals surface area contributed by atoms with Crippen LogP contribution < -0.4 is 11.5 Å². The van der Waals surface area contributed by atoms with Gasteiger partial charge in [0.25, 0.3) is 0 Å². The molecule has 0 saturated carbocycles. The van der Waals surface area contributed by atoms with Crippen LogP contribution in [-0.2, 0) is 0 Å². The van der Waals surface area contributed by atoms with E-state index < -0.39 is 23.8 Å². The van der Waals surface area contributed by atoms with Gasteiger partial charge in [-0.1, -0.05) is 110 Å². The van der Waals surface area contributed by atoms with E-state index in [1.807, 2.05) is 12.1 Å². The van der Waals surface area contributed by atoms with Gasteiger partial charge in [-0.3, -0.25) is 9.59 Å². The van der Waals surface area contributed by atoms with Gasteiger partial charge in [-0.25, -0.2) is 9.59 Å². The van der Waals surface area contributed by atoms with Crippen molar-refractivity contribution in [2.24, 2.45) is 11.5 Å². The fourth-order valence-electron chi connectivity index (χ4n) is 9.03. The lowest BCUT2D eigenvalue weighted by atomic mass is 9.72. The quantitative estimate of drug-likeness (QED) is 0.0804. The molecule has 0 aromatic heterocycles. The number of carboxylic acid groups (broad SMARTS) is 2.